The van der Waals surface area contributed by atoms with Crippen LogP contribution in [-0.4, -0.2) is 44.7 Å². The first-order valence-electron chi connectivity index (χ1n) is 9.92. The Morgan fingerprint density at radius 1 is 1.03 bits per heavy atom. The first-order valence-corrected chi connectivity index (χ1v) is 9.92. The van der Waals surface area contributed by atoms with Crippen molar-refractivity contribution in [3.8, 4) is 11.5 Å². The molecule has 1 aliphatic rings. The quantitative estimate of drug-likeness (QED) is 0.579. The minimum atomic E-state index is -1.10. The van der Waals surface area contributed by atoms with E-state index in [0.29, 0.717) is 35.7 Å². The van der Waals surface area contributed by atoms with Crippen molar-refractivity contribution >= 4 is 12.7 Å². The van der Waals surface area contributed by atoms with Crippen LogP contribution in [0.15, 0.2) is 23.9 Å². The van der Waals surface area contributed by atoms with Gasteiger partial charge in [-0.1, -0.05) is 0 Å². The summed E-state index contributed by atoms with van der Waals surface area (Å²) < 4.78 is 44.4. The Morgan fingerprint density at radius 2 is 1.62 bits per heavy atom. The molecule has 0 saturated carbocycles. The fourth-order valence-corrected chi connectivity index (χ4v) is 2.98. The Kier molecular flexibility index (Phi) is 7.08. The molecule has 0 bridgehead atoms. The van der Waals surface area contributed by atoms with Crippen LogP contribution in [0.4, 0.5) is 4.39 Å². The van der Waals surface area contributed by atoms with Gasteiger partial charge in [0.1, 0.15) is 17.2 Å². The molecule has 0 N–H and O–H groups in total. The molecule has 1 heterocycles. The second kappa shape index (κ2) is 8.66. The number of hydrogen-bond donors (Lipinski definition) is 0. The van der Waals surface area contributed by atoms with Gasteiger partial charge >= 0.3 is 7.12 Å². The minimum absolute atomic E-state index is 0.329. The molecule has 0 unspecified atom stereocenters. The Labute approximate surface area is 174 Å². The van der Waals surface area contributed by atoms with Crippen LogP contribution in [0.5, 0.6) is 11.5 Å². The minimum Gasteiger partial charge on any atom is -0.497 e. The van der Waals surface area contributed by atoms with E-state index < -0.39 is 24.0 Å². The monoisotopic (exact) mass is 408 g/mol. The average molecular weight is 408 g/mol. The van der Waals surface area contributed by atoms with Gasteiger partial charge in [-0.3, -0.25) is 0 Å². The molecule has 0 amide bonds. The first kappa shape index (κ1) is 23.7. The maximum absolute atomic E-state index is 15.8. The highest BCUT2D eigenvalue weighted by Crippen LogP contribution is 2.42. The molecule has 0 spiro atoms. The van der Waals surface area contributed by atoms with E-state index in [9.17, 15) is 0 Å². The molecule has 5 nitrogen and oxygen atoms in total. The normalized spacial score (nSPS) is 19.2. The van der Waals surface area contributed by atoms with Gasteiger partial charge in [-0.25, -0.2) is 4.39 Å². The number of rotatable bonds is 7. The molecule has 1 aliphatic heterocycles. The smallest absolute Gasteiger partial charge is 0.497 e. The zero-order valence-electron chi connectivity index (χ0n) is 19.1. The van der Waals surface area contributed by atoms with E-state index in [2.05, 4.69) is 0 Å². The van der Waals surface area contributed by atoms with Crippen molar-refractivity contribution in [3.63, 3.8) is 0 Å². The van der Waals surface area contributed by atoms with Gasteiger partial charge in [0.05, 0.1) is 37.6 Å². The summed E-state index contributed by atoms with van der Waals surface area (Å²) in [5.74, 6) is 1.15. The molecule has 1 aromatic rings. The third kappa shape index (κ3) is 5.53. The van der Waals surface area contributed by atoms with Crippen LogP contribution in [0.3, 0.4) is 0 Å². The fourth-order valence-electron chi connectivity index (χ4n) is 2.98. The predicted molar refractivity (Wildman–Crippen MR) is 114 cm³/mol. The lowest BCUT2D eigenvalue weighted by Gasteiger charge is -2.32. The number of methoxy groups -OCH3 is 2. The Balaban J connectivity index is 2.49. The summed E-state index contributed by atoms with van der Waals surface area (Å²) >= 11 is 0. The van der Waals surface area contributed by atoms with Gasteiger partial charge in [0.2, 0.25) is 0 Å². The molecule has 0 radical (unpaired) electrons. The summed E-state index contributed by atoms with van der Waals surface area (Å²) in [6.07, 6.45) is 0.330. The van der Waals surface area contributed by atoms with Crippen molar-refractivity contribution in [2.75, 3.05) is 20.8 Å². The summed E-state index contributed by atoms with van der Waals surface area (Å²) in [6.45, 7) is 13.8. The standard InChI is InChI=1S/C22H34BFO5/c1-20(2,3)27-13-12-16(17-14-15(25-8)10-11-18(17)26-9)19(24)23-28-21(4,5)22(6,7)29-23/h10-11,14H,12-13H2,1-9H3. The van der Waals surface area contributed by atoms with Gasteiger partial charge in [-0.15, -0.1) is 0 Å². The van der Waals surface area contributed by atoms with Crippen LogP contribution < -0.4 is 9.47 Å². The summed E-state index contributed by atoms with van der Waals surface area (Å²) in [6, 6.07) is 5.30. The van der Waals surface area contributed by atoms with Crippen LogP contribution in [0.1, 0.15) is 60.5 Å². The van der Waals surface area contributed by atoms with Crippen molar-refractivity contribution < 1.29 is 27.9 Å². The molecule has 1 aromatic carbocycles. The van der Waals surface area contributed by atoms with Crippen molar-refractivity contribution in [2.45, 2.75) is 71.7 Å². The maximum atomic E-state index is 15.8. The summed E-state index contributed by atoms with van der Waals surface area (Å²) in [5, 5.41) is 0. The summed E-state index contributed by atoms with van der Waals surface area (Å²) in [7, 11) is 2.03. The van der Waals surface area contributed by atoms with Crippen LogP contribution in [0.2, 0.25) is 0 Å². The SMILES string of the molecule is COc1ccc(OC)c(C(CCOC(C)(C)C)=C(F)B2OC(C)(C)C(C)(C)O2)c1. The largest absolute Gasteiger partial charge is 0.525 e. The van der Waals surface area contributed by atoms with E-state index in [4.69, 9.17) is 23.5 Å². The van der Waals surface area contributed by atoms with Crippen LogP contribution in [0.25, 0.3) is 5.57 Å². The average Bonchev–Trinajstić information content (AvgIpc) is 2.84. The van der Waals surface area contributed by atoms with Crippen molar-refractivity contribution in [2.24, 2.45) is 0 Å². The molecule has 0 atom stereocenters. The topological polar surface area (TPSA) is 46.2 Å². The lowest BCUT2D eigenvalue weighted by atomic mass is 9.81. The lowest BCUT2D eigenvalue weighted by molar-refractivity contribution is 0.000555. The van der Waals surface area contributed by atoms with Gasteiger partial charge in [-0.05, 0) is 78.7 Å². The number of benzene rings is 1. The van der Waals surface area contributed by atoms with Crippen LogP contribution in [0, 0.1) is 0 Å². The van der Waals surface area contributed by atoms with Gasteiger partial charge in [0.25, 0.3) is 0 Å². The van der Waals surface area contributed by atoms with Crippen molar-refractivity contribution in [3.05, 3.63) is 29.5 Å². The first-order chi connectivity index (χ1) is 13.3. The van der Waals surface area contributed by atoms with Crippen LogP contribution in [-0.2, 0) is 14.0 Å². The highest BCUT2D eigenvalue weighted by Gasteiger charge is 2.53. The van der Waals surface area contributed by atoms with Gasteiger partial charge in [-0.2, -0.15) is 0 Å². The van der Waals surface area contributed by atoms with E-state index >= 15 is 4.39 Å². The van der Waals surface area contributed by atoms with Crippen LogP contribution >= 0.6 is 0 Å². The van der Waals surface area contributed by atoms with E-state index in [1.807, 2.05) is 48.5 Å². The highest BCUT2D eigenvalue weighted by molar-refractivity contribution is 6.55. The van der Waals surface area contributed by atoms with E-state index in [-0.39, 0.29) is 5.60 Å². The zero-order chi connectivity index (χ0) is 22.0. The number of ether oxygens (including phenoxy) is 3. The van der Waals surface area contributed by atoms with E-state index in [0.717, 1.165) is 0 Å². The Bertz CT molecular complexity index is 736. The molecular weight excluding hydrogens is 374 g/mol. The fraction of sp³-hybridized carbons (Fsp3) is 0.636. The molecule has 1 fully saturated rings. The summed E-state index contributed by atoms with van der Waals surface area (Å²) in [4.78, 5) is 0. The van der Waals surface area contributed by atoms with Crippen molar-refractivity contribution in [1.82, 2.24) is 0 Å². The van der Waals surface area contributed by atoms with Crippen molar-refractivity contribution in [1.29, 1.82) is 0 Å². The molecule has 0 aromatic heterocycles. The molecule has 29 heavy (non-hydrogen) atoms. The molecular formula is C22H34BFO5. The molecule has 7 heteroatoms. The van der Waals surface area contributed by atoms with Gasteiger partial charge in [0.15, 0.2) is 0 Å². The van der Waals surface area contributed by atoms with Gasteiger partial charge < -0.3 is 23.5 Å². The highest BCUT2D eigenvalue weighted by atomic mass is 19.1. The lowest BCUT2D eigenvalue weighted by Crippen LogP contribution is -2.41. The van der Waals surface area contributed by atoms with Gasteiger partial charge in [0, 0.05) is 5.56 Å². The molecule has 0 aliphatic carbocycles. The maximum Gasteiger partial charge on any atom is 0.525 e. The second-order valence-electron chi connectivity index (χ2n) is 9.19. The number of halogens is 1. The third-order valence-electron chi connectivity index (χ3n) is 5.37. The third-order valence-corrected chi connectivity index (χ3v) is 5.37. The second-order valence-corrected chi connectivity index (χ2v) is 9.19. The molecule has 2 rings (SSSR count). The summed E-state index contributed by atoms with van der Waals surface area (Å²) in [5.41, 5.74) is -1.07. The van der Waals surface area contributed by atoms with E-state index in [1.165, 1.54) is 0 Å². The molecule has 162 valence electrons. The molecule has 1 saturated heterocycles. The Morgan fingerprint density at radius 3 is 2.10 bits per heavy atom. The number of hydrogen-bond acceptors (Lipinski definition) is 5. The zero-order valence-corrected chi connectivity index (χ0v) is 19.1. The predicted octanol–water partition coefficient (Wildman–Crippen LogP) is 5.22. The van der Waals surface area contributed by atoms with E-state index in [1.54, 1.807) is 32.4 Å². The Hall–Kier alpha value is -1.57.